The molecule has 5 heteroatoms. The normalized spacial score (nSPS) is 10.9. The van der Waals surface area contributed by atoms with Gasteiger partial charge in [-0.3, -0.25) is 0 Å². The number of hydrogen-bond donors (Lipinski definition) is 1. The van der Waals surface area contributed by atoms with Gasteiger partial charge in [0, 0.05) is 30.2 Å². The summed E-state index contributed by atoms with van der Waals surface area (Å²) in [7, 11) is 1.98. The first-order chi connectivity index (χ1) is 10.1. The number of hydrogen-bond acceptors (Lipinski definition) is 4. The van der Waals surface area contributed by atoms with E-state index in [2.05, 4.69) is 27.5 Å². The molecule has 0 amide bonds. The van der Waals surface area contributed by atoms with E-state index in [4.69, 9.17) is 0 Å². The molecule has 0 saturated carbocycles. The van der Waals surface area contributed by atoms with E-state index in [-0.39, 0.29) is 5.82 Å². The number of benzene rings is 1. The molecule has 0 bridgehead atoms. The lowest BCUT2D eigenvalue weighted by molar-refractivity contribution is 0.585. The van der Waals surface area contributed by atoms with Gasteiger partial charge in [-0.05, 0) is 32.0 Å². The van der Waals surface area contributed by atoms with E-state index >= 15 is 0 Å². The molecule has 1 aromatic carbocycles. The first kappa shape index (κ1) is 15.9. The van der Waals surface area contributed by atoms with Crippen molar-refractivity contribution in [3.63, 3.8) is 0 Å². The number of nitrogens with one attached hydrogen (secondary N) is 1. The zero-order valence-electron chi connectivity index (χ0n) is 12.8. The highest BCUT2D eigenvalue weighted by Gasteiger charge is 2.13. The monoisotopic (exact) mass is 307 g/mol. The van der Waals surface area contributed by atoms with Crippen molar-refractivity contribution in [2.24, 2.45) is 0 Å². The molecule has 0 spiro atoms. The van der Waals surface area contributed by atoms with Crippen LogP contribution in [0.15, 0.2) is 23.6 Å². The predicted molar refractivity (Wildman–Crippen MR) is 87.4 cm³/mol. The number of rotatable bonds is 7. The fraction of sp³-hybridized carbons (Fsp3) is 0.438. The van der Waals surface area contributed by atoms with Crippen LogP contribution in [0.4, 0.5) is 10.1 Å². The molecule has 1 N–H and O–H groups in total. The van der Waals surface area contributed by atoms with Crippen molar-refractivity contribution in [3.05, 3.63) is 45.7 Å². The molecule has 2 rings (SSSR count). The molecule has 0 saturated heterocycles. The summed E-state index contributed by atoms with van der Waals surface area (Å²) >= 11 is 1.64. The van der Waals surface area contributed by atoms with Gasteiger partial charge in [0.15, 0.2) is 0 Å². The Morgan fingerprint density at radius 1 is 1.38 bits per heavy atom. The zero-order chi connectivity index (χ0) is 15.2. The molecule has 2 aromatic rings. The average molecular weight is 307 g/mol. The van der Waals surface area contributed by atoms with Crippen molar-refractivity contribution in [3.8, 4) is 0 Å². The van der Waals surface area contributed by atoms with Crippen molar-refractivity contribution in [1.82, 2.24) is 10.3 Å². The van der Waals surface area contributed by atoms with Crippen LogP contribution in [0.25, 0.3) is 0 Å². The van der Waals surface area contributed by atoms with Crippen LogP contribution in [0, 0.1) is 12.7 Å². The lowest BCUT2D eigenvalue weighted by atomic mass is 10.1. The summed E-state index contributed by atoms with van der Waals surface area (Å²) < 4.78 is 14.1. The fourth-order valence-corrected chi connectivity index (χ4v) is 2.88. The van der Waals surface area contributed by atoms with Crippen molar-refractivity contribution in [1.29, 1.82) is 0 Å². The number of aryl methyl sites for hydroxylation is 1. The van der Waals surface area contributed by atoms with Crippen molar-refractivity contribution in [2.45, 2.75) is 33.4 Å². The van der Waals surface area contributed by atoms with Gasteiger partial charge in [0.1, 0.15) is 5.82 Å². The second-order valence-electron chi connectivity index (χ2n) is 5.13. The van der Waals surface area contributed by atoms with Gasteiger partial charge < -0.3 is 10.2 Å². The highest BCUT2D eigenvalue weighted by atomic mass is 32.1. The SMILES string of the molecule is CCCNCc1c(F)cccc1N(C)Cc1csc(C)n1. The van der Waals surface area contributed by atoms with Gasteiger partial charge in [-0.25, -0.2) is 9.37 Å². The molecule has 3 nitrogen and oxygen atoms in total. The fourth-order valence-electron chi connectivity index (χ4n) is 2.28. The quantitative estimate of drug-likeness (QED) is 0.790. The third-order valence-corrected chi connectivity index (χ3v) is 4.12. The minimum absolute atomic E-state index is 0.155. The Kier molecular flexibility index (Phi) is 5.70. The van der Waals surface area contributed by atoms with Gasteiger partial charge in [-0.15, -0.1) is 11.3 Å². The Balaban J connectivity index is 2.15. The third-order valence-electron chi connectivity index (χ3n) is 3.30. The molecular formula is C16H22FN3S. The minimum Gasteiger partial charge on any atom is -0.368 e. The zero-order valence-corrected chi connectivity index (χ0v) is 13.6. The van der Waals surface area contributed by atoms with Crippen LogP contribution in [0.1, 0.15) is 29.6 Å². The minimum atomic E-state index is -0.155. The molecule has 21 heavy (non-hydrogen) atoms. The van der Waals surface area contributed by atoms with Crippen LogP contribution < -0.4 is 10.2 Å². The summed E-state index contributed by atoms with van der Waals surface area (Å²) in [4.78, 5) is 6.53. The molecule has 0 radical (unpaired) electrons. The maximum absolute atomic E-state index is 14.1. The first-order valence-corrected chi connectivity index (χ1v) is 8.10. The lowest BCUT2D eigenvalue weighted by Gasteiger charge is -2.22. The van der Waals surface area contributed by atoms with Gasteiger partial charge in [0.2, 0.25) is 0 Å². The summed E-state index contributed by atoms with van der Waals surface area (Å²) in [5.41, 5.74) is 2.67. The van der Waals surface area contributed by atoms with E-state index in [1.165, 1.54) is 6.07 Å². The summed E-state index contributed by atoms with van der Waals surface area (Å²) in [6, 6.07) is 5.25. The lowest BCUT2D eigenvalue weighted by Crippen LogP contribution is -2.22. The van der Waals surface area contributed by atoms with E-state index in [1.54, 1.807) is 17.4 Å². The van der Waals surface area contributed by atoms with Crippen molar-refractivity contribution >= 4 is 17.0 Å². The molecule has 0 aliphatic carbocycles. The maximum atomic E-state index is 14.1. The molecule has 0 aliphatic rings. The number of thiazole rings is 1. The van der Waals surface area contributed by atoms with Gasteiger partial charge >= 0.3 is 0 Å². The smallest absolute Gasteiger partial charge is 0.129 e. The topological polar surface area (TPSA) is 28.2 Å². The molecule has 0 unspecified atom stereocenters. The molecule has 1 aromatic heterocycles. The van der Waals surface area contributed by atoms with Crippen LogP contribution in [-0.2, 0) is 13.1 Å². The largest absolute Gasteiger partial charge is 0.368 e. The van der Waals surface area contributed by atoms with Gasteiger partial charge in [0.25, 0.3) is 0 Å². The molecule has 114 valence electrons. The molecule has 0 fully saturated rings. The summed E-state index contributed by atoms with van der Waals surface area (Å²) in [6.45, 7) is 6.23. The summed E-state index contributed by atoms with van der Waals surface area (Å²) in [5.74, 6) is -0.155. The summed E-state index contributed by atoms with van der Waals surface area (Å²) in [5, 5.41) is 6.39. The Morgan fingerprint density at radius 3 is 2.86 bits per heavy atom. The van der Waals surface area contributed by atoms with Crippen LogP contribution in [0.3, 0.4) is 0 Å². The van der Waals surface area contributed by atoms with Crippen LogP contribution in [0.5, 0.6) is 0 Å². The Hall–Kier alpha value is -1.46. The first-order valence-electron chi connectivity index (χ1n) is 7.22. The highest BCUT2D eigenvalue weighted by Crippen LogP contribution is 2.24. The van der Waals surface area contributed by atoms with Crippen LogP contribution in [0.2, 0.25) is 0 Å². The van der Waals surface area contributed by atoms with E-state index in [1.807, 2.05) is 20.0 Å². The summed E-state index contributed by atoms with van der Waals surface area (Å²) in [6.07, 6.45) is 1.04. The molecule has 0 atom stereocenters. The highest BCUT2D eigenvalue weighted by molar-refractivity contribution is 7.09. The van der Waals surface area contributed by atoms with Gasteiger partial charge in [-0.1, -0.05) is 13.0 Å². The van der Waals surface area contributed by atoms with E-state index in [9.17, 15) is 4.39 Å². The van der Waals surface area contributed by atoms with E-state index < -0.39 is 0 Å². The molecule has 0 aliphatic heterocycles. The van der Waals surface area contributed by atoms with Crippen LogP contribution >= 0.6 is 11.3 Å². The third kappa shape index (κ3) is 4.25. The Labute approximate surface area is 129 Å². The maximum Gasteiger partial charge on any atom is 0.129 e. The second-order valence-corrected chi connectivity index (χ2v) is 6.19. The standard InChI is InChI=1S/C16H22FN3S/c1-4-8-18-9-14-15(17)6-5-7-16(14)20(3)10-13-11-21-12(2)19-13/h5-7,11,18H,4,8-10H2,1-3H3. The van der Waals surface area contributed by atoms with E-state index in [0.29, 0.717) is 13.1 Å². The van der Waals surface area contributed by atoms with Gasteiger partial charge in [-0.2, -0.15) is 0 Å². The average Bonchev–Trinajstić information content (AvgIpc) is 2.86. The molecule has 1 heterocycles. The number of aromatic nitrogens is 1. The Bertz CT molecular complexity index is 583. The second kappa shape index (κ2) is 7.52. The van der Waals surface area contributed by atoms with E-state index in [0.717, 1.165) is 34.9 Å². The number of halogens is 1. The Morgan fingerprint density at radius 2 is 2.19 bits per heavy atom. The number of nitrogens with zero attached hydrogens (tertiary/aromatic N) is 2. The van der Waals surface area contributed by atoms with Crippen molar-refractivity contribution in [2.75, 3.05) is 18.5 Å². The van der Waals surface area contributed by atoms with Gasteiger partial charge in [0.05, 0.1) is 17.2 Å². The van der Waals surface area contributed by atoms with Crippen LogP contribution in [-0.4, -0.2) is 18.6 Å². The number of anilines is 1. The predicted octanol–water partition coefficient (Wildman–Crippen LogP) is 3.73. The van der Waals surface area contributed by atoms with Crippen molar-refractivity contribution < 1.29 is 4.39 Å². The molecular weight excluding hydrogens is 285 g/mol.